The monoisotopic (exact) mass is 320 g/mol. The van der Waals surface area contributed by atoms with Gasteiger partial charge in [0.25, 0.3) is 0 Å². The van der Waals surface area contributed by atoms with Gasteiger partial charge in [-0.1, -0.05) is 6.07 Å². The molecule has 1 unspecified atom stereocenters. The topological polar surface area (TPSA) is 6.48 Å². The molecule has 1 fully saturated rings. The highest BCUT2D eigenvalue weighted by molar-refractivity contribution is 6.17. The zero-order valence-corrected chi connectivity index (χ0v) is 13.0. The highest BCUT2D eigenvalue weighted by atomic mass is 35.5. The normalized spacial score (nSPS) is 20.0. The summed E-state index contributed by atoms with van der Waals surface area (Å²) in [6.07, 6.45) is -2.13. The Morgan fingerprint density at radius 3 is 2.62 bits per heavy atom. The molecular weight excluding hydrogens is 301 g/mol. The molecule has 0 N–H and O–H groups in total. The second kappa shape index (κ2) is 6.44. The molecule has 0 radical (unpaired) electrons. The first-order valence-corrected chi connectivity index (χ1v) is 7.54. The number of hydrogen-bond donors (Lipinski definition) is 0. The van der Waals surface area contributed by atoms with Gasteiger partial charge in [0.1, 0.15) is 0 Å². The van der Waals surface area contributed by atoms with Crippen molar-refractivity contribution in [3.8, 4) is 0 Å². The lowest BCUT2D eigenvalue weighted by atomic mass is 10.1. The third-order valence-electron chi connectivity index (χ3n) is 4.14. The lowest BCUT2D eigenvalue weighted by Crippen LogP contribution is -2.36. The Kier molecular flexibility index (Phi) is 5.04. The van der Waals surface area contributed by atoms with Crippen LogP contribution in [0.3, 0.4) is 0 Å². The molecule has 1 heterocycles. The number of benzene rings is 1. The van der Waals surface area contributed by atoms with Gasteiger partial charge in [0.15, 0.2) is 0 Å². The highest BCUT2D eigenvalue weighted by Crippen LogP contribution is 2.35. The second-order valence-corrected chi connectivity index (χ2v) is 5.90. The first-order chi connectivity index (χ1) is 9.82. The predicted octanol–water partition coefficient (Wildman–Crippen LogP) is 3.97. The molecule has 21 heavy (non-hydrogen) atoms. The van der Waals surface area contributed by atoms with Crippen molar-refractivity contribution in [3.63, 3.8) is 0 Å². The fraction of sp³-hybridized carbons (Fsp3) is 0.600. The highest BCUT2D eigenvalue weighted by Gasteiger charge is 2.33. The number of alkyl halides is 4. The summed E-state index contributed by atoms with van der Waals surface area (Å²) in [7, 11) is 3.89. The average Bonchev–Trinajstić information content (AvgIpc) is 2.82. The van der Waals surface area contributed by atoms with Crippen LogP contribution in [0, 0.1) is 0 Å². The molecule has 1 atom stereocenters. The molecule has 0 aromatic heterocycles. The van der Waals surface area contributed by atoms with Crippen LogP contribution >= 0.6 is 11.6 Å². The van der Waals surface area contributed by atoms with Gasteiger partial charge in [-0.15, -0.1) is 11.6 Å². The van der Waals surface area contributed by atoms with Crippen LogP contribution in [0.5, 0.6) is 0 Å². The van der Waals surface area contributed by atoms with Crippen molar-refractivity contribution >= 4 is 17.3 Å². The zero-order valence-electron chi connectivity index (χ0n) is 12.3. The maximum Gasteiger partial charge on any atom is 0.416 e. The van der Waals surface area contributed by atoms with Gasteiger partial charge >= 0.3 is 6.18 Å². The first-order valence-electron chi connectivity index (χ1n) is 7.00. The largest absolute Gasteiger partial charge is 0.416 e. The Morgan fingerprint density at radius 1 is 1.38 bits per heavy atom. The quantitative estimate of drug-likeness (QED) is 0.774. The predicted molar refractivity (Wildman–Crippen MR) is 79.9 cm³/mol. The van der Waals surface area contributed by atoms with E-state index in [1.165, 1.54) is 12.1 Å². The molecule has 0 bridgehead atoms. The van der Waals surface area contributed by atoms with Crippen LogP contribution in [-0.2, 0) is 12.1 Å². The van der Waals surface area contributed by atoms with Crippen molar-refractivity contribution in [2.24, 2.45) is 0 Å². The minimum absolute atomic E-state index is 0.124. The van der Waals surface area contributed by atoms with Crippen molar-refractivity contribution in [2.75, 3.05) is 32.1 Å². The summed E-state index contributed by atoms with van der Waals surface area (Å²) >= 11 is 5.61. The van der Waals surface area contributed by atoms with E-state index in [1.54, 1.807) is 6.07 Å². The molecule has 1 aliphatic rings. The van der Waals surface area contributed by atoms with Gasteiger partial charge < -0.3 is 9.80 Å². The molecule has 0 aliphatic carbocycles. The maximum absolute atomic E-state index is 13.1. The summed E-state index contributed by atoms with van der Waals surface area (Å²) in [5.41, 5.74) is 0.0671. The molecule has 0 amide bonds. The van der Waals surface area contributed by atoms with Crippen LogP contribution < -0.4 is 4.90 Å². The van der Waals surface area contributed by atoms with E-state index in [2.05, 4.69) is 11.9 Å². The van der Waals surface area contributed by atoms with Gasteiger partial charge in [-0.25, -0.2) is 0 Å². The summed E-state index contributed by atoms with van der Waals surface area (Å²) < 4.78 is 39.2. The van der Waals surface area contributed by atoms with Gasteiger partial charge in [-0.3, -0.25) is 0 Å². The zero-order chi connectivity index (χ0) is 15.6. The maximum atomic E-state index is 13.1. The van der Waals surface area contributed by atoms with Crippen LogP contribution in [0.25, 0.3) is 0 Å². The molecule has 1 aliphatic heterocycles. The SMILES string of the molecule is CN(CC1CCCN1C)c1ccc(CCl)c(C(F)(F)F)c1. The fourth-order valence-electron chi connectivity index (χ4n) is 2.81. The third-order valence-corrected chi connectivity index (χ3v) is 4.43. The van der Waals surface area contributed by atoms with Gasteiger partial charge in [-0.2, -0.15) is 13.2 Å². The first kappa shape index (κ1) is 16.4. The summed E-state index contributed by atoms with van der Waals surface area (Å²) in [6.45, 7) is 1.78. The molecule has 0 spiro atoms. The van der Waals surface area contributed by atoms with E-state index in [-0.39, 0.29) is 11.4 Å². The average molecular weight is 321 g/mol. The summed E-state index contributed by atoms with van der Waals surface area (Å²) in [6, 6.07) is 4.78. The smallest absolute Gasteiger partial charge is 0.373 e. The lowest BCUT2D eigenvalue weighted by molar-refractivity contribution is -0.138. The number of nitrogens with zero attached hydrogens (tertiary/aromatic N) is 2. The van der Waals surface area contributed by atoms with Gasteiger partial charge in [0.2, 0.25) is 0 Å². The lowest BCUT2D eigenvalue weighted by Gasteiger charge is -2.28. The van der Waals surface area contributed by atoms with Crippen LogP contribution in [-0.4, -0.2) is 38.1 Å². The van der Waals surface area contributed by atoms with E-state index in [0.29, 0.717) is 11.7 Å². The molecular formula is C15H20ClF3N2. The Hall–Kier alpha value is -0.940. The minimum atomic E-state index is -4.37. The van der Waals surface area contributed by atoms with Crippen molar-refractivity contribution < 1.29 is 13.2 Å². The van der Waals surface area contributed by atoms with Gasteiger partial charge in [0, 0.05) is 31.2 Å². The number of rotatable bonds is 4. The number of likely N-dealkylation sites (tertiary alicyclic amines) is 1. The van der Waals surface area contributed by atoms with Gasteiger partial charge in [0.05, 0.1) is 5.56 Å². The van der Waals surface area contributed by atoms with Gasteiger partial charge in [-0.05, 0) is 44.1 Å². The molecule has 1 saturated heterocycles. The molecule has 118 valence electrons. The van der Waals surface area contributed by atoms with Crippen molar-refractivity contribution in [1.29, 1.82) is 0 Å². The minimum Gasteiger partial charge on any atom is -0.373 e. The van der Waals surface area contributed by atoms with Crippen molar-refractivity contribution in [2.45, 2.75) is 30.9 Å². The summed E-state index contributed by atoms with van der Waals surface area (Å²) in [5, 5.41) is 0. The molecule has 6 heteroatoms. The summed E-state index contributed by atoms with van der Waals surface area (Å²) in [4.78, 5) is 4.15. The third kappa shape index (κ3) is 3.83. The van der Waals surface area contributed by atoms with Crippen molar-refractivity contribution in [3.05, 3.63) is 29.3 Å². The second-order valence-electron chi connectivity index (χ2n) is 5.63. The Morgan fingerprint density at radius 2 is 2.10 bits per heavy atom. The Bertz CT molecular complexity index is 490. The van der Waals surface area contributed by atoms with Crippen LogP contribution in [0.4, 0.5) is 18.9 Å². The fourth-order valence-corrected chi connectivity index (χ4v) is 3.05. The summed E-state index contributed by atoms with van der Waals surface area (Å²) in [5.74, 6) is -0.135. The van der Waals surface area contributed by atoms with E-state index < -0.39 is 11.7 Å². The van der Waals surface area contributed by atoms with E-state index in [1.807, 2.05) is 11.9 Å². The Labute approximate surface area is 128 Å². The molecule has 1 aromatic rings. The van der Waals surface area contributed by atoms with E-state index in [4.69, 9.17) is 11.6 Å². The van der Waals surface area contributed by atoms with Crippen LogP contribution in [0.2, 0.25) is 0 Å². The molecule has 0 saturated carbocycles. The number of halogens is 4. The van der Waals surface area contributed by atoms with Crippen molar-refractivity contribution in [1.82, 2.24) is 4.90 Å². The van der Waals surface area contributed by atoms with Crippen LogP contribution in [0.1, 0.15) is 24.0 Å². The molecule has 1 aromatic carbocycles. The van der Waals surface area contributed by atoms with E-state index >= 15 is 0 Å². The van der Waals surface area contributed by atoms with Crippen LogP contribution in [0.15, 0.2) is 18.2 Å². The Balaban J connectivity index is 2.19. The standard InChI is InChI=1S/C15H20ClF3N2/c1-20-7-3-4-13(20)10-21(2)12-6-5-11(9-16)14(8-12)15(17,18)19/h5-6,8,13H,3-4,7,9-10H2,1-2H3. The molecule has 2 rings (SSSR count). The number of likely N-dealkylation sites (N-methyl/N-ethyl adjacent to an activating group) is 2. The van der Waals surface area contributed by atoms with E-state index in [9.17, 15) is 13.2 Å². The number of anilines is 1. The van der Waals surface area contributed by atoms with E-state index in [0.717, 1.165) is 25.9 Å². The molecule has 2 nitrogen and oxygen atoms in total. The number of hydrogen-bond acceptors (Lipinski definition) is 2.